The monoisotopic (exact) mass is 693 g/mol. The minimum absolute atomic E-state index is 0.465. The van der Waals surface area contributed by atoms with E-state index in [1.54, 1.807) is 0 Å². The molecule has 2 nitrogen and oxygen atoms in total. The summed E-state index contributed by atoms with van der Waals surface area (Å²) in [6, 6.07) is 67.9. The largest absolute Gasteiger partial charge is 0.435 e. The van der Waals surface area contributed by atoms with Crippen LogP contribution in [-0.2, 0) is 5.41 Å². The van der Waals surface area contributed by atoms with E-state index in [1.807, 2.05) is 17.4 Å². The second-order valence-electron chi connectivity index (χ2n) is 13.8. The van der Waals surface area contributed by atoms with Crippen LogP contribution in [0.5, 0.6) is 0 Å². The molecule has 2 heterocycles. The first kappa shape index (κ1) is 30.1. The maximum absolute atomic E-state index is 6.69. The van der Waals surface area contributed by atoms with E-state index in [0.717, 1.165) is 27.8 Å². The van der Waals surface area contributed by atoms with E-state index in [0.29, 0.717) is 5.89 Å². The van der Waals surface area contributed by atoms with E-state index >= 15 is 0 Å². The number of thiophene rings is 1. The Hall–Kier alpha value is -6.55. The Morgan fingerprint density at radius 2 is 1.04 bits per heavy atom. The standard InChI is InChI=1S/C50H31NOS/c1-3-13-35(14-4-1)50(36-15-5-2-6-16-36)43-22-9-7-17-39(43)40-30-29-34(31-44(40)50)37-19-12-23-45-47(37)52-49(51-45)33-27-25-32(26-28-33)38-20-11-21-42-41-18-8-10-24-46(41)53-48(38)42/h1-31H. The van der Waals surface area contributed by atoms with Crippen molar-refractivity contribution < 1.29 is 4.42 Å². The van der Waals surface area contributed by atoms with Crippen molar-refractivity contribution >= 4 is 42.6 Å². The van der Waals surface area contributed by atoms with Gasteiger partial charge in [-0.05, 0) is 80.4 Å². The molecule has 0 unspecified atom stereocenters. The van der Waals surface area contributed by atoms with Gasteiger partial charge >= 0.3 is 0 Å². The highest BCUT2D eigenvalue weighted by Crippen LogP contribution is 2.57. The highest BCUT2D eigenvalue weighted by atomic mass is 32.1. The third-order valence-corrected chi connectivity index (χ3v) is 12.3. The summed E-state index contributed by atoms with van der Waals surface area (Å²) >= 11 is 1.86. The number of para-hydroxylation sites is 1. The normalized spacial score (nSPS) is 13.1. The smallest absolute Gasteiger partial charge is 0.227 e. The highest BCUT2D eigenvalue weighted by molar-refractivity contribution is 7.26. The molecule has 0 saturated carbocycles. The molecule has 1 aliphatic carbocycles. The van der Waals surface area contributed by atoms with Gasteiger partial charge in [0.25, 0.3) is 0 Å². The molecule has 0 N–H and O–H groups in total. The zero-order valence-corrected chi connectivity index (χ0v) is 29.5. The summed E-state index contributed by atoms with van der Waals surface area (Å²) in [7, 11) is 0. The van der Waals surface area contributed by atoms with Crippen molar-refractivity contribution in [1.29, 1.82) is 0 Å². The first-order valence-electron chi connectivity index (χ1n) is 18.0. The van der Waals surface area contributed by atoms with Gasteiger partial charge in [0, 0.05) is 31.3 Å². The fourth-order valence-corrected chi connectivity index (χ4v) is 9.92. The van der Waals surface area contributed by atoms with Crippen LogP contribution >= 0.6 is 11.3 Å². The molecule has 0 amide bonds. The van der Waals surface area contributed by atoms with Crippen molar-refractivity contribution in [2.24, 2.45) is 0 Å². The van der Waals surface area contributed by atoms with Crippen LogP contribution in [0, 0.1) is 0 Å². The van der Waals surface area contributed by atoms with Gasteiger partial charge in [-0.3, -0.25) is 0 Å². The van der Waals surface area contributed by atoms with Crippen LogP contribution in [0.15, 0.2) is 192 Å². The summed E-state index contributed by atoms with van der Waals surface area (Å²) in [5.74, 6) is 0.621. The molecule has 2 aromatic heterocycles. The number of nitrogens with zero attached hydrogens (tertiary/aromatic N) is 1. The molecule has 248 valence electrons. The maximum atomic E-state index is 6.69. The van der Waals surface area contributed by atoms with Crippen molar-refractivity contribution in [2.45, 2.75) is 5.41 Å². The van der Waals surface area contributed by atoms with Crippen molar-refractivity contribution in [3.05, 3.63) is 210 Å². The van der Waals surface area contributed by atoms with Gasteiger partial charge in [0.2, 0.25) is 5.89 Å². The Morgan fingerprint density at radius 3 is 1.85 bits per heavy atom. The fraction of sp³-hybridized carbons (Fsp3) is 0.0200. The molecule has 3 heteroatoms. The highest BCUT2D eigenvalue weighted by Gasteiger charge is 2.46. The molecule has 0 saturated heterocycles. The summed E-state index contributed by atoms with van der Waals surface area (Å²) in [5, 5.41) is 2.62. The van der Waals surface area contributed by atoms with Crippen LogP contribution in [0.3, 0.4) is 0 Å². The predicted octanol–water partition coefficient (Wildman–Crippen LogP) is 13.6. The van der Waals surface area contributed by atoms with Gasteiger partial charge in [0.1, 0.15) is 5.52 Å². The van der Waals surface area contributed by atoms with Crippen LogP contribution in [0.4, 0.5) is 0 Å². The molecule has 10 aromatic rings. The van der Waals surface area contributed by atoms with Gasteiger partial charge in [-0.15, -0.1) is 11.3 Å². The van der Waals surface area contributed by atoms with E-state index < -0.39 is 5.41 Å². The predicted molar refractivity (Wildman–Crippen MR) is 221 cm³/mol. The summed E-state index contributed by atoms with van der Waals surface area (Å²) in [6.45, 7) is 0. The molecule has 0 fully saturated rings. The lowest BCUT2D eigenvalue weighted by molar-refractivity contribution is 0.621. The van der Waals surface area contributed by atoms with E-state index in [1.165, 1.54) is 64.7 Å². The minimum atomic E-state index is -0.465. The molecule has 0 bridgehead atoms. The number of hydrogen-bond donors (Lipinski definition) is 0. The molecular formula is C50H31NOS. The number of fused-ring (bicyclic) bond motifs is 7. The molecule has 53 heavy (non-hydrogen) atoms. The average Bonchev–Trinajstić information content (AvgIpc) is 3.92. The Bertz CT molecular complexity index is 2950. The summed E-state index contributed by atoms with van der Waals surface area (Å²) in [6.07, 6.45) is 0. The lowest BCUT2D eigenvalue weighted by Gasteiger charge is -2.34. The molecule has 0 radical (unpaired) electrons. The van der Waals surface area contributed by atoms with Gasteiger partial charge in [0.15, 0.2) is 5.58 Å². The number of benzene rings is 8. The zero-order chi connectivity index (χ0) is 34.9. The van der Waals surface area contributed by atoms with Gasteiger partial charge in [-0.25, -0.2) is 4.98 Å². The molecule has 8 aromatic carbocycles. The van der Waals surface area contributed by atoms with Crippen molar-refractivity contribution in [2.75, 3.05) is 0 Å². The maximum Gasteiger partial charge on any atom is 0.227 e. The Labute approximate surface area is 311 Å². The summed E-state index contributed by atoms with van der Waals surface area (Å²) in [4.78, 5) is 5.01. The summed E-state index contributed by atoms with van der Waals surface area (Å²) in [5.41, 5.74) is 14.3. The van der Waals surface area contributed by atoms with Crippen LogP contribution in [0.2, 0.25) is 0 Å². The van der Waals surface area contributed by atoms with Crippen LogP contribution in [0.25, 0.3) is 76.1 Å². The van der Waals surface area contributed by atoms with Crippen LogP contribution in [0.1, 0.15) is 22.3 Å². The lowest BCUT2D eigenvalue weighted by Crippen LogP contribution is -2.28. The fourth-order valence-electron chi connectivity index (χ4n) is 8.68. The zero-order valence-electron chi connectivity index (χ0n) is 28.7. The number of rotatable bonds is 5. The number of oxazole rings is 1. The molecule has 0 aliphatic heterocycles. The Kier molecular flexibility index (Phi) is 6.67. The van der Waals surface area contributed by atoms with E-state index in [2.05, 4.69) is 182 Å². The Morgan fingerprint density at radius 1 is 0.434 bits per heavy atom. The molecule has 0 spiro atoms. The van der Waals surface area contributed by atoms with E-state index in [4.69, 9.17) is 9.40 Å². The SMILES string of the molecule is c1ccc(C2(c3ccccc3)c3ccccc3-c3ccc(-c4cccc5nc(-c6ccc(-c7cccc8c7sc7ccccc78)cc6)oc45)cc32)cc1. The number of aromatic nitrogens is 1. The van der Waals surface area contributed by atoms with Gasteiger partial charge in [-0.2, -0.15) is 0 Å². The van der Waals surface area contributed by atoms with Gasteiger partial charge < -0.3 is 4.42 Å². The minimum Gasteiger partial charge on any atom is -0.435 e. The molecule has 11 rings (SSSR count). The van der Waals surface area contributed by atoms with Crippen LogP contribution < -0.4 is 0 Å². The summed E-state index contributed by atoms with van der Waals surface area (Å²) < 4.78 is 9.32. The third kappa shape index (κ3) is 4.48. The average molecular weight is 694 g/mol. The second-order valence-corrected chi connectivity index (χ2v) is 14.9. The second kappa shape index (κ2) is 11.7. The quantitative estimate of drug-likeness (QED) is 0.179. The van der Waals surface area contributed by atoms with Gasteiger partial charge in [-0.1, -0.05) is 158 Å². The third-order valence-electron chi connectivity index (χ3n) is 11.0. The Balaban J connectivity index is 1.03. The van der Waals surface area contributed by atoms with E-state index in [9.17, 15) is 0 Å². The lowest BCUT2D eigenvalue weighted by atomic mass is 9.67. The van der Waals surface area contributed by atoms with Crippen molar-refractivity contribution in [3.8, 4) is 44.8 Å². The van der Waals surface area contributed by atoms with Crippen LogP contribution in [-0.4, -0.2) is 4.98 Å². The molecule has 0 atom stereocenters. The first-order valence-corrected chi connectivity index (χ1v) is 18.9. The molecule has 1 aliphatic rings. The van der Waals surface area contributed by atoms with Crippen molar-refractivity contribution in [1.82, 2.24) is 4.98 Å². The molecular weight excluding hydrogens is 663 g/mol. The topological polar surface area (TPSA) is 26.0 Å². The number of hydrogen-bond acceptors (Lipinski definition) is 3. The first-order chi connectivity index (χ1) is 26.3. The van der Waals surface area contributed by atoms with Gasteiger partial charge in [0.05, 0.1) is 5.41 Å². The van der Waals surface area contributed by atoms with Crippen molar-refractivity contribution in [3.63, 3.8) is 0 Å². The van der Waals surface area contributed by atoms with E-state index in [-0.39, 0.29) is 0 Å².